The number of rotatable bonds is 3. The number of hydrogen-bond acceptors (Lipinski definition) is 4. The van der Waals surface area contributed by atoms with Crippen molar-refractivity contribution in [2.24, 2.45) is 0 Å². The highest BCUT2D eigenvalue weighted by Gasteiger charge is 2.22. The standard InChI is InChI=1S/C16H19N3O2/c1-12(20)16-17-13-7-3-4-8-14(13)19(16)15(21)11-18-9-5-2-6-10-18/h3-4,7-8H,2,5-6,9-11H2,1H3. The molecule has 0 N–H and O–H groups in total. The molecule has 1 aliphatic heterocycles. The number of nitrogens with zero attached hydrogens (tertiary/aromatic N) is 3. The van der Waals surface area contributed by atoms with Crippen molar-refractivity contribution >= 4 is 22.7 Å². The van der Waals surface area contributed by atoms with E-state index < -0.39 is 0 Å². The number of ketones is 1. The second kappa shape index (κ2) is 5.77. The Labute approximate surface area is 123 Å². The van der Waals surface area contributed by atoms with Crippen molar-refractivity contribution in [2.75, 3.05) is 19.6 Å². The summed E-state index contributed by atoms with van der Waals surface area (Å²) in [7, 11) is 0. The quantitative estimate of drug-likeness (QED) is 0.812. The molecule has 0 atom stereocenters. The van der Waals surface area contributed by atoms with E-state index in [0.29, 0.717) is 17.6 Å². The van der Waals surface area contributed by atoms with Gasteiger partial charge in [-0.15, -0.1) is 0 Å². The Kier molecular flexibility index (Phi) is 3.84. The van der Waals surface area contributed by atoms with E-state index in [-0.39, 0.29) is 17.5 Å². The highest BCUT2D eigenvalue weighted by molar-refractivity contribution is 6.02. The predicted octanol–water partition coefficient (Wildman–Crippen LogP) is 2.37. The lowest BCUT2D eigenvalue weighted by molar-refractivity contribution is 0.0821. The van der Waals surface area contributed by atoms with Gasteiger partial charge in [0.25, 0.3) is 0 Å². The van der Waals surface area contributed by atoms with Gasteiger partial charge in [0.05, 0.1) is 17.6 Å². The van der Waals surface area contributed by atoms with Crippen LogP contribution in [-0.4, -0.2) is 45.8 Å². The molecule has 0 amide bonds. The number of Topliss-reactive ketones (excluding diaryl/α,β-unsaturated/α-hetero) is 1. The minimum absolute atomic E-state index is 0.0733. The summed E-state index contributed by atoms with van der Waals surface area (Å²) in [5.74, 6) is -0.0211. The first-order valence-electron chi connectivity index (χ1n) is 7.41. The fourth-order valence-corrected chi connectivity index (χ4v) is 2.89. The lowest BCUT2D eigenvalue weighted by Crippen LogP contribution is -2.37. The summed E-state index contributed by atoms with van der Waals surface area (Å²) in [6, 6.07) is 7.38. The van der Waals surface area contributed by atoms with E-state index in [0.717, 1.165) is 25.9 Å². The zero-order valence-corrected chi connectivity index (χ0v) is 12.2. The van der Waals surface area contributed by atoms with Gasteiger partial charge in [-0.25, -0.2) is 4.98 Å². The summed E-state index contributed by atoms with van der Waals surface area (Å²) in [6.45, 7) is 3.70. The Morgan fingerprint density at radius 3 is 2.57 bits per heavy atom. The minimum atomic E-state index is -0.182. The van der Waals surface area contributed by atoms with Crippen molar-refractivity contribution < 1.29 is 9.59 Å². The Bertz CT molecular complexity index is 684. The first kappa shape index (κ1) is 13.9. The summed E-state index contributed by atoms with van der Waals surface area (Å²) in [4.78, 5) is 30.9. The second-order valence-electron chi connectivity index (χ2n) is 5.55. The molecule has 1 aliphatic rings. The van der Waals surface area contributed by atoms with Crippen molar-refractivity contribution in [3.63, 3.8) is 0 Å². The maximum absolute atomic E-state index is 12.6. The van der Waals surface area contributed by atoms with E-state index in [4.69, 9.17) is 0 Å². The zero-order valence-electron chi connectivity index (χ0n) is 12.2. The van der Waals surface area contributed by atoms with Gasteiger partial charge >= 0.3 is 0 Å². The summed E-state index contributed by atoms with van der Waals surface area (Å²) >= 11 is 0. The predicted molar refractivity (Wildman–Crippen MR) is 80.7 cm³/mol. The number of para-hydroxylation sites is 2. The van der Waals surface area contributed by atoms with E-state index >= 15 is 0 Å². The molecule has 21 heavy (non-hydrogen) atoms. The van der Waals surface area contributed by atoms with Crippen LogP contribution in [0.2, 0.25) is 0 Å². The van der Waals surface area contributed by atoms with Crippen LogP contribution >= 0.6 is 0 Å². The maximum Gasteiger partial charge on any atom is 0.247 e. The number of benzene rings is 1. The van der Waals surface area contributed by atoms with Gasteiger partial charge in [-0.1, -0.05) is 18.6 Å². The molecule has 110 valence electrons. The molecule has 0 spiro atoms. The Balaban J connectivity index is 1.95. The smallest absolute Gasteiger partial charge is 0.247 e. The molecular formula is C16H19N3O2. The molecule has 3 rings (SSSR count). The van der Waals surface area contributed by atoms with Crippen molar-refractivity contribution in [1.82, 2.24) is 14.5 Å². The molecule has 0 unspecified atom stereocenters. The van der Waals surface area contributed by atoms with Crippen LogP contribution in [0, 0.1) is 0 Å². The Hall–Kier alpha value is -2.01. The molecule has 0 aliphatic carbocycles. The SMILES string of the molecule is CC(=O)c1nc2ccccc2n1C(=O)CN1CCCCC1. The zero-order chi connectivity index (χ0) is 14.8. The average Bonchev–Trinajstić information content (AvgIpc) is 2.88. The lowest BCUT2D eigenvalue weighted by Gasteiger charge is -2.25. The molecule has 1 aromatic heterocycles. The monoisotopic (exact) mass is 285 g/mol. The van der Waals surface area contributed by atoms with Crippen LogP contribution < -0.4 is 0 Å². The number of carbonyl (C=O) groups is 2. The van der Waals surface area contributed by atoms with Crippen LogP contribution in [0.4, 0.5) is 0 Å². The third kappa shape index (κ3) is 2.74. The maximum atomic E-state index is 12.6. The number of hydrogen-bond donors (Lipinski definition) is 0. The largest absolute Gasteiger partial charge is 0.294 e. The Morgan fingerprint density at radius 2 is 1.86 bits per heavy atom. The fourth-order valence-electron chi connectivity index (χ4n) is 2.89. The molecule has 1 saturated heterocycles. The van der Waals surface area contributed by atoms with Gasteiger partial charge < -0.3 is 0 Å². The third-order valence-electron chi connectivity index (χ3n) is 3.93. The average molecular weight is 285 g/mol. The number of fused-ring (bicyclic) bond motifs is 1. The molecular weight excluding hydrogens is 266 g/mol. The summed E-state index contributed by atoms with van der Waals surface area (Å²) in [6.07, 6.45) is 3.51. The number of carbonyl (C=O) groups excluding carboxylic acids is 2. The van der Waals surface area contributed by atoms with Crippen molar-refractivity contribution in [1.29, 1.82) is 0 Å². The van der Waals surface area contributed by atoms with Gasteiger partial charge in [-0.05, 0) is 38.1 Å². The van der Waals surface area contributed by atoms with Crippen LogP contribution in [0.3, 0.4) is 0 Å². The first-order chi connectivity index (χ1) is 10.2. The molecule has 5 nitrogen and oxygen atoms in total. The van der Waals surface area contributed by atoms with Gasteiger partial charge in [0.15, 0.2) is 11.6 Å². The number of aromatic nitrogens is 2. The van der Waals surface area contributed by atoms with Crippen LogP contribution in [-0.2, 0) is 0 Å². The number of likely N-dealkylation sites (tertiary alicyclic amines) is 1. The van der Waals surface area contributed by atoms with Crippen LogP contribution in [0.1, 0.15) is 41.6 Å². The fraction of sp³-hybridized carbons (Fsp3) is 0.438. The molecule has 1 fully saturated rings. The van der Waals surface area contributed by atoms with Gasteiger partial charge in [-0.2, -0.15) is 0 Å². The van der Waals surface area contributed by atoms with Gasteiger partial charge in [0.2, 0.25) is 5.91 Å². The van der Waals surface area contributed by atoms with Crippen molar-refractivity contribution in [3.8, 4) is 0 Å². The number of piperidine rings is 1. The van der Waals surface area contributed by atoms with Crippen LogP contribution in [0.25, 0.3) is 11.0 Å². The lowest BCUT2D eigenvalue weighted by atomic mass is 10.1. The second-order valence-corrected chi connectivity index (χ2v) is 5.55. The van der Waals surface area contributed by atoms with E-state index in [1.165, 1.54) is 17.9 Å². The summed E-state index contributed by atoms with van der Waals surface area (Å²) < 4.78 is 1.48. The number of imidazole rings is 1. The molecule has 5 heteroatoms. The molecule has 1 aromatic carbocycles. The normalized spacial score (nSPS) is 16.2. The molecule has 2 aromatic rings. The summed E-state index contributed by atoms with van der Waals surface area (Å²) in [5, 5.41) is 0. The topological polar surface area (TPSA) is 55.2 Å². The van der Waals surface area contributed by atoms with Crippen LogP contribution in [0.5, 0.6) is 0 Å². The highest BCUT2D eigenvalue weighted by atomic mass is 16.2. The van der Waals surface area contributed by atoms with Gasteiger partial charge in [0.1, 0.15) is 0 Å². The van der Waals surface area contributed by atoms with Gasteiger partial charge in [-0.3, -0.25) is 19.1 Å². The first-order valence-corrected chi connectivity index (χ1v) is 7.41. The minimum Gasteiger partial charge on any atom is -0.294 e. The van der Waals surface area contributed by atoms with E-state index in [9.17, 15) is 9.59 Å². The summed E-state index contributed by atoms with van der Waals surface area (Å²) in [5.41, 5.74) is 1.40. The van der Waals surface area contributed by atoms with E-state index in [1.54, 1.807) is 0 Å². The highest BCUT2D eigenvalue weighted by Crippen LogP contribution is 2.17. The third-order valence-corrected chi connectivity index (χ3v) is 3.93. The molecule has 0 radical (unpaired) electrons. The van der Waals surface area contributed by atoms with E-state index in [1.807, 2.05) is 24.3 Å². The van der Waals surface area contributed by atoms with Gasteiger partial charge in [0, 0.05) is 6.92 Å². The molecule has 2 heterocycles. The van der Waals surface area contributed by atoms with Crippen LogP contribution in [0.15, 0.2) is 24.3 Å². The van der Waals surface area contributed by atoms with Crippen molar-refractivity contribution in [3.05, 3.63) is 30.1 Å². The molecule has 0 saturated carbocycles. The van der Waals surface area contributed by atoms with Crippen molar-refractivity contribution in [2.45, 2.75) is 26.2 Å². The Morgan fingerprint density at radius 1 is 1.14 bits per heavy atom. The molecule has 0 bridgehead atoms. The van der Waals surface area contributed by atoms with E-state index in [2.05, 4.69) is 9.88 Å².